The maximum absolute atomic E-state index is 12.8. The molecule has 0 bridgehead atoms. The third-order valence-corrected chi connectivity index (χ3v) is 5.28. The van der Waals surface area contributed by atoms with E-state index in [0.717, 1.165) is 12.8 Å². The molecule has 1 aliphatic heterocycles. The summed E-state index contributed by atoms with van der Waals surface area (Å²) in [5.74, 6) is -0.418. The largest absolute Gasteiger partial charge is 0.333 e. The number of hydrogen-bond acceptors (Lipinski definition) is 3. The Labute approximate surface area is 154 Å². The molecule has 0 spiro atoms. The summed E-state index contributed by atoms with van der Waals surface area (Å²) < 4.78 is 0. The summed E-state index contributed by atoms with van der Waals surface area (Å²) in [7, 11) is 0. The normalized spacial score (nSPS) is 22.2. The van der Waals surface area contributed by atoms with Gasteiger partial charge >= 0.3 is 0 Å². The van der Waals surface area contributed by atoms with E-state index in [1.54, 1.807) is 24.3 Å². The van der Waals surface area contributed by atoms with Crippen molar-refractivity contribution in [3.8, 4) is 0 Å². The van der Waals surface area contributed by atoms with E-state index < -0.39 is 0 Å². The number of carbonyl (C=O) groups excluding carboxylic acids is 3. The molecule has 0 aromatic heterocycles. The maximum atomic E-state index is 12.8. The summed E-state index contributed by atoms with van der Waals surface area (Å²) >= 11 is 0. The van der Waals surface area contributed by atoms with Crippen LogP contribution < -0.4 is 15.5 Å². The fraction of sp³-hybridized carbons (Fsp3) is 0.550. The van der Waals surface area contributed by atoms with Gasteiger partial charge in [-0.3, -0.25) is 14.4 Å². The molecule has 1 heterocycles. The lowest BCUT2D eigenvalue weighted by Crippen LogP contribution is -2.96. The molecule has 1 aliphatic carbocycles. The van der Waals surface area contributed by atoms with Crippen LogP contribution in [0.2, 0.25) is 0 Å². The van der Waals surface area contributed by atoms with E-state index in [-0.39, 0.29) is 30.2 Å². The van der Waals surface area contributed by atoms with Crippen molar-refractivity contribution in [1.29, 1.82) is 0 Å². The zero-order valence-corrected chi connectivity index (χ0v) is 15.4. The standard InChI is InChI=1S/C20H27N3O3/c1-14(24)21-16-9-11-17(12-10-16)23-19(25)13-18(20(23)26)22-15-7-5-3-2-4-6-8-15/h9-12,15,18,22H,2-8,13H2,1H3,(H,21,24)/p+1/t18-/m0/s1. The number of amides is 3. The van der Waals surface area contributed by atoms with Crippen molar-refractivity contribution in [2.45, 2.75) is 70.4 Å². The highest BCUT2D eigenvalue weighted by atomic mass is 16.2. The van der Waals surface area contributed by atoms with E-state index in [9.17, 15) is 14.4 Å². The molecule has 0 radical (unpaired) electrons. The summed E-state index contributed by atoms with van der Waals surface area (Å²) in [6, 6.07) is 6.98. The van der Waals surface area contributed by atoms with Crippen LogP contribution in [-0.2, 0) is 14.4 Å². The smallest absolute Gasteiger partial charge is 0.292 e. The van der Waals surface area contributed by atoms with Gasteiger partial charge in [-0.1, -0.05) is 19.3 Å². The van der Waals surface area contributed by atoms with Crippen molar-refractivity contribution in [2.24, 2.45) is 0 Å². The highest BCUT2D eigenvalue weighted by molar-refractivity contribution is 6.21. The first-order chi connectivity index (χ1) is 12.5. The van der Waals surface area contributed by atoms with Gasteiger partial charge in [-0.05, 0) is 49.9 Å². The lowest BCUT2D eigenvalue weighted by atomic mass is 9.96. The molecule has 26 heavy (non-hydrogen) atoms. The molecule has 6 heteroatoms. The van der Waals surface area contributed by atoms with Crippen LogP contribution in [0.5, 0.6) is 0 Å². The van der Waals surface area contributed by atoms with Gasteiger partial charge in [0, 0.05) is 12.6 Å². The topological polar surface area (TPSA) is 83.1 Å². The first-order valence-electron chi connectivity index (χ1n) is 9.64. The van der Waals surface area contributed by atoms with Crippen LogP contribution in [0.1, 0.15) is 58.3 Å². The van der Waals surface area contributed by atoms with Crippen LogP contribution in [0, 0.1) is 0 Å². The van der Waals surface area contributed by atoms with Gasteiger partial charge in [0.05, 0.1) is 18.2 Å². The van der Waals surface area contributed by atoms with E-state index >= 15 is 0 Å². The molecule has 0 unspecified atom stereocenters. The Morgan fingerprint density at radius 3 is 2.27 bits per heavy atom. The monoisotopic (exact) mass is 358 g/mol. The number of benzene rings is 1. The third kappa shape index (κ3) is 4.49. The molecular weight excluding hydrogens is 330 g/mol. The fourth-order valence-electron chi connectivity index (χ4n) is 3.98. The lowest BCUT2D eigenvalue weighted by Gasteiger charge is -2.21. The zero-order chi connectivity index (χ0) is 18.5. The molecule has 1 aromatic rings. The summed E-state index contributed by atoms with van der Waals surface area (Å²) in [4.78, 5) is 37.6. The van der Waals surface area contributed by atoms with Crippen LogP contribution in [-0.4, -0.2) is 29.8 Å². The van der Waals surface area contributed by atoms with E-state index in [0.29, 0.717) is 17.4 Å². The predicted octanol–water partition coefficient (Wildman–Crippen LogP) is 1.95. The number of anilines is 2. The van der Waals surface area contributed by atoms with Gasteiger partial charge in [0.15, 0.2) is 6.04 Å². The number of quaternary nitrogens is 1. The lowest BCUT2D eigenvalue weighted by molar-refractivity contribution is -0.709. The van der Waals surface area contributed by atoms with Gasteiger partial charge in [0.1, 0.15) is 0 Å². The molecule has 1 aromatic carbocycles. The highest BCUT2D eigenvalue weighted by Crippen LogP contribution is 2.24. The predicted molar refractivity (Wildman–Crippen MR) is 99.7 cm³/mol. The Kier molecular flexibility index (Phi) is 6.04. The number of rotatable bonds is 4. The van der Waals surface area contributed by atoms with Crippen molar-refractivity contribution in [1.82, 2.24) is 0 Å². The first kappa shape index (κ1) is 18.6. The third-order valence-electron chi connectivity index (χ3n) is 5.28. The number of hydrogen-bond donors (Lipinski definition) is 2. The Morgan fingerprint density at radius 2 is 1.65 bits per heavy atom. The van der Waals surface area contributed by atoms with Gasteiger partial charge < -0.3 is 10.6 Å². The molecule has 2 fully saturated rings. The summed E-state index contributed by atoms with van der Waals surface area (Å²) in [5.41, 5.74) is 1.22. The molecule has 3 rings (SSSR count). The zero-order valence-electron chi connectivity index (χ0n) is 15.4. The van der Waals surface area contributed by atoms with Crippen molar-refractivity contribution < 1.29 is 19.7 Å². The highest BCUT2D eigenvalue weighted by Gasteiger charge is 2.43. The average molecular weight is 358 g/mol. The molecule has 3 N–H and O–H groups in total. The second-order valence-corrected chi connectivity index (χ2v) is 7.40. The van der Waals surface area contributed by atoms with Crippen LogP contribution >= 0.6 is 0 Å². The SMILES string of the molecule is CC(=O)Nc1ccc(N2C(=O)C[C@H]([NH2+]C3CCCCCCC3)C2=O)cc1. The van der Waals surface area contributed by atoms with Crippen LogP contribution in [0.4, 0.5) is 11.4 Å². The summed E-state index contributed by atoms with van der Waals surface area (Å²) in [6.45, 7) is 1.44. The Morgan fingerprint density at radius 1 is 1.04 bits per heavy atom. The van der Waals surface area contributed by atoms with Gasteiger partial charge in [-0.25, -0.2) is 4.90 Å². The first-order valence-corrected chi connectivity index (χ1v) is 9.64. The van der Waals surface area contributed by atoms with E-state index in [4.69, 9.17) is 0 Å². The Bertz CT molecular complexity index is 663. The average Bonchev–Trinajstić information content (AvgIpc) is 2.84. The van der Waals surface area contributed by atoms with Crippen molar-refractivity contribution in [2.75, 3.05) is 10.2 Å². The molecule has 1 saturated heterocycles. The fourth-order valence-corrected chi connectivity index (χ4v) is 3.98. The summed E-state index contributed by atoms with van der Waals surface area (Å²) in [5, 5.41) is 4.82. The minimum Gasteiger partial charge on any atom is -0.333 e. The van der Waals surface area contributed by atoms with E-state index in [2.05, 4.69) is 10.6 Å². The molecular formula is C20H28N3O3+. The van der Waals surface area contributed by atoms with Crippen LogP contribution in [0.25, 0.3) is 0 Å². The second kappa shape index (κ2) is 8.45. The number of carbonyl (C=O) groups is 3. The minimum absolute atomic E-state index is 0.121. The van der Waals surface area contributed by atoms with Gasteiger partial charge in [0.2, 0.25) is 11.8 Å². The van der Waals surface area contributed by atoms with E-state index in [1.165, 1.54) is 43.9 Å². The van der Waals surface area contributed by atoms with Gasteiger partial charge in [0.25, 0.3) is 5.91 Å². The van der Waals surface area contributed by atoms with Crippen LogP contribution in [0.3, 0.4) is 0 Å². The van der Waals surface area contributed by atoms with Crippen LogP contribution in [0.15, 0.2) is 24.3 Å². The number of nitrogens with zero attached hydrogens (tertiary/aromatic N) is 1. The second-order valence-electron chi connectivity index (χ2n) is 7.40. The molecule has 1 atom stereocenters. The van der Waals surface area contributed by atoms with Gasteiger partial charge in [-0.2, -0.15) is 0 Å². The summed E-state index contributed by atoms with van der Waals surface area (Å²) in [6.07, 6.45) is 8.81. The molecule has 140 valence electrons. The van der Waals surface area contributed by atoms with Crippen molar-refractivity contribution in [3.63, 3.8) is 0 Å². The number of nitrogens with one attached hydrogen (secondary N) is 1. The molecule has 1 saturated carbocycles. The van der Waals surface area contributed by atoms with Crippen molar-refractivity contribution >= 4 is 29.1 Å². The maximum Gasteiger partial charge on any atom is 0.292 e. The quantitative estimate of drug-likeness (QED) is 0.807. The Hall–Kier alpha value is -2.21. The minimum atomic E-state index is -0.304. The van der Waals surface area contributed by atoms with Gasteiger partial charge in [-0.15, -0.1) is 0 Å². The Balaban J connectivity index is 1.65. The van der Waals surface area contributed by atoms with Crippen molar-refractivity contribution in [3.05, 3.63) is 24.3 Å². The molecule has 3 amide bonds. The molecule has 6 nitrogen and oxygen atoms in total. The molecule has 2 aliphatic rings. The number of imide groups is 1. The van der Waals surface area contributed by atoms with E-state index in [1.807, 2.05) is 0 Å². The number of nitrogens with two attached hydrogens (primary N) is 1.